The van der Waals surface area contributed by atoms with Gasteiger partial charge in [-0.15, -0.1) is 10.2 Å². The van der Waals surface area contributed by atoms with Crippen LogP contribution < -0.4 is 5.32 Å². The molecule has 158 valence electrons. The monoisotopic (exact) mass is 425 g/mol. The van der Waals surface area contributed by atoms with Crippen LogP contribution in [-0.2, 0) is 23.3 Å². The van der Waals surface area contributed by atoms with Crippen molar-refractivity contribution >= 4 is 17.5 Å². The van der Waals surface area contributed by atoms with E-state index in [2.05, 4.69) is 53.6 Å². The van der Waals surface area contributed by atoms with E-state index in [9.17, 15) is 4.79 Å². The molecule has 1 heterocycles. The highest BCUT2D eigenvalue weighted by Gasteiger charge is 2.29. The van der Waals surface area contributed by atoms with Gasteiger partial charge in [-0.2, -0.15) is 4.80 Å². The third-order valence-electron chi connectivity index (χ3n) is 5.01. The lowest BCUT2D eigenvalue weighted by molar-refractivity contribution is -0.130. The number of carbonyl (C=O) groups excluding carboxylic acids is 1. The number of tetrazole rings is 1. The van der Waals surface area contributed by atoms with Gasteiger partial charge in [0.15, 0.2) is 0 Å². The minimum atomic E-state index is -0.713. The smallest absolute Gasteiger partial charge is 0.227 e. The van der Waals surface area contributed by atoms with E-state index in [0.717, 1.165) is 11.1 Å². The summed E-state index contributed by atoms with van der Waals surface area (Å²) in [4.78, 5) is 14.2. The first-order valence-electron chi connectivity index (χ1n) is 9.97. The van der Waals surface area contributed by atoms with Crippen LogP contribution >= 0.6 is 11.6 Å². The van der Waals surface area contributed by atoms with E-state index in [-0.39, 0.29) is 11.3 Å². The predicted molar refractivity (Wildman–Crippen MR) is 119 cm³/mol. The fourth-order valence-corrected chi connectivity index (χ4v) is 3.23. The summed E-state index contributed by atoms with van der Waals surface area (Å²) >= 11 is 6.16. The van der Waals surface area contributed by atoms with Crippen molar-refractivity contribution in [3.63, 3.8) is 0 Å². The van der Waals surface area contributed by atoms with Gasteiger partial charge in [-0.05, 0) is 41.7 Å². The maximum Gasteiger partial charge on any atom is 0.227 e. The molecule has 1 amide bonds. The summed E-state index contributed by atoms with van der Waals surface area (Å²) in [5.41, 5.74) is 2.40. The molecule has 3 aromatic rings. The summed E-state index contributed by atoms with van der Waals surface area (Å²) in [6, 6.07) is 15.6. The Bertz CT molecular complexity index is 1020. The van der Waals surface area contributed by atoms with Gasteiger partial charge in [0.1, 0.15) is 0 Å². The number of amides is 1. The van der Waals surface area contributed by atoms with Crippen molar-refractivity contribution < 1.29 is 4.79 Å². The standard InChI is InChI=1S/C23H28ClN5O/c1-22(2,3)18-12-10-16(11-13-18)20-26-28-29(27-20)15-23(4,5)21(30)25-14-17-8-6-7-9-19(17)24/h6-13H,14-15H2,1-5H3,(H,25,30). The largest absolute Gasteiger partial charge is 0.351 e. The Morgan fingerprint density at radius 1 is 1.03 bits per heavy atom. The number of hydrogen-bond acceptors (Lipinski definition) is 4. The predicted octanol–water partition coefficient (Wildman–Crippen LogP) is 4.63. The summed E-state index contributed by atoms with van der Waals surface area (Å²) in [5.74, 6) is 0.443. The second kappa shape index (κ2) is 8.56. The van der Waals surface area contributed by atoms with Crippen molar-refractivity contribution in [2.75, 3.05) is 0 Å². The lowest BCUT2D eigenvalue weighted by Gasteiger charge is -2.22. The molecule has 1 N–H and O–H groups in total. The molecule has 3 rings (SSSR count). The molecule has 2 aromatic carbocycles. The number of rotatable bonds is 6. The number of aromatic nitrogens is 4. The van der Waals surface area contributed by atoms with Crippen molar-refractivity contribution in [3.8, 4) is 11.4 Å². The van der Waals surface area contributed by atoms with Gasteiger partial charge in [0.25, 0.3) is 0 Å². The molecule has 0 saturated heterocycles. The minimum Gasteiger partial charge on any atom is -0.351 e. The van der Waals surface area contributed by atoms with E-state index in [0.29, 0.717) is 23.9 Å². The maximum atomic E-state index is 12.7. The van der Waals surface area contributed by atoms with Crippen LogP contribution in [0.2, 0.25) is 5.02 Å². The summed E-state index contributed by atoms with van der Waals surface area (Å²) in [5, 5.41) is 16.3. The minimum absolute atomic E-state index is 0.0882. The number of carbonyl (C=O) groups is 1. The fraction of sp³-hybridized carbons (Fsp3) is 0.391. The molecule has 1 aromatic heterocycles. The van der Waals surface area contributed by atoms with Crippen LogP contribution in [0.3, 0.4) is 0 Å². The van der Waals surface area contributed by atoms with Gasteiger partial charge >= 0.3 is 0 Å². The number of nitrogens with zero attached hydrogens (tertiary/aromatic N) is 4. The lowest BCUT2D eigenvalue weighted by atomic mass is 9.87. The zero-order chi connectivity index (χ0) is 21.9. The first-order chi connectivity index (χ1) is 14.1. The summed E-state index contributed by atoms with van der Waals surface area (Å²) in [6.07, 6.45) is 0. The number of halogens is 1. The molecule has 0 bridgehead atoms. The first kappa shape index (κ1) is 22.0. The third-order valence-corrected chi connectivity index (χ3v) is 5.38. The van der Waals surface area contributed by atoms with Crippen LogP contribution in [0.4, 0.5) is 0 Å². The van der Waals surface area contributed by atoms with E-state index in [4.69, 9.17) is 11.6 Å². The van der Waals surface area contributed by atoms with Crippen LogP contribution in [0, 0.1) is 5.41 Å². The lowest BCUT2D eigenvalue weighted by Crippen LogP contribution is -2.39. The normalized spacial score (nSPS) is 12.1. The molecule has 0 radical (unpaired) electrons. The second-order valence-corrected chi connectivity index (χ2v) is 9.54. The van der Waals surface area contributed by atoms with Gasteiger partial charge < -0.3 is 5.32 Å². The summed E-state index contributed by atoms with van der Waals surface area (Å²) in [7, 11) is 0. The molecule has 0 saturated carbocycles. The van der Waals surface area contributed by atoms with E-state index >= 15 is 0 Å². The van der Waals surface area contributed by atoms with Gasteiger partial charge in [0.2, 0.25) is 11.7 Å². The number of nitrogens with one attached hydrogen (secondary N) is 1. The molecule has 0 aliphatic carbocycles. The molecule has 0 aliphatic heterocycles. The maximum absolute atomic E-state index is 12.7. The Morgan fingerprint density at radius 3 is 2.33 bits per heavy atom. The zero-order valence-electron chi connectivity index (χ0n) is 18.1. The van der Waals surface area contributed by atoms with Crippen LogP contribution in [0.25, 0.3) is 11.4 Å². The third kappa shape index (κ3) is 5.25. The fourth-order valence-electron chi connectivity index (χ4n) is 3.03. The molecule has 0 fully saturated rings. The average molecular weight is 426 g/mol. The topological polar surface area (TPSA) is 72.7 Å². The highest BCUT2D eigenvalue weighted by molar-refractivity contribution is 6.31. The molecular formula is C23H28ClN5O. The van der Waals surface area contributed by atoms with Gasteiger partial charge in [0, 0.05) is 17.1 Å². The van der Waals surface area contributed by atoms with E-state index in [1.807, 2.05) is 50.2 Å². The molecule has 6 nitrogen and oxygen atoms in total. The van der Waals surface area contributed by atoms with Crippen molar-refractivity contribution in [1.29, 1.82) is 0 Å². The van der Waals surface area contributed by atoms with Gasteiger partial charge in [-0.25, -0.2) is 0 Å². The highest BCUT2D eigenvalue weighted by Crippen LogP contribution is 2.25. The second-order valence-electron chi connectivity index (χ2n) is 9.13. The number of hydrogen-bond donors (Lipinski definition) is 1. The van der Waals surface area contributed by atoms with E-state index in [1.165, 1.54) is 10.4 Å². The molecule has 0 unspecified atom stereocenters. The molecule has 7 heteroatoms. The van der Waals surface area contributed by atoms with Crippen LogP contribution in [0.5, 0.6) is 0 Å². The van der Waals surface area contributed by atoms with Gasteiger partial charge in [0.05, 0.1) is 12.0 Å². The summed E-state index contributed by atoms with van der Waals surface area (Å²) in [6.45, 7) is 10.9. The molecule has 0 aliphatic rings. The molecule has 0 spiro atoms. The molecule has 0 atom stereocenters. The SMILES string of the molecule is CC(C)(Cn1nnc(-c2ccc(C(C)(C)C)cc2)n1)C(=O)NCc1ccccc1Cl. The van der Waals surface area contributed by atoms with Crippen molar-refractivity contribution in [3.05, 3.63) is 64.7 Å². The average Bonchev–Trinajstić information content (AvgIpc) is 3.14. The van der Waals surface area contributed by atoms with Crippen molar-refractivity contribution in [2.24, 2.45) is 5.41 Å². The van der Waals surface area contributed by atoms with Gasteiger partial charge in [-0.3, -0.25) is 4.79 Å². The Labute approximate surface area is 182 Å². The Kier molecular flexibility index (Phi) is 6.27. The Morgan fingerprint density at radius 2 is 1.70 bits per heavy atom. The summed E-state index contributed by atoms with van der Waals surface area (Å²) < 4.78 is 0. The van der Waals surface area contributed by atoms with Gasteiger partial charge in [-0.1, -0.05) is 74.8 Å². The molecular weight excluding hydrogens is 398 g/mol. The van der Waals surface area contributed by atoms with Crippen molar-refractivity contribution in [2.45, 2.75) is 53.1 Å². The Balaban J connectivity index is 1.65. The van der Waals surface area contributed by atoms with Crippen LogP contribution in [-0.4, -0.2) is 26.1 Å². The van der Waals surface area contributed by atoms with E-state index < -0.39 is 5.41 Å². The molecule has 30 heavy (non-hydrogen) atoms. The van der Waals surface area contributed by atoms with Crippen LogP contribution in [0.1, 0.15) is 45.7 Å². The highest BCUT2D eigenvalue weighted by atomic mass is 35.5. The number of benzene rings is 2. The van der Waals surface area contributed by atoms with Crippen molar-refractivity contribution in [1.82, 2.24) is 25.5 Å². The Hall–Kier alpha value is -2.73. The quantitative estimate of drug-likeness (QED) is 0.624. The van der Waals surface area contributed by atoms with E-state index in [1.54, 1.807) is 0 Å². The van der Waals surface area contributed by atoms with Crippen LogP contribution in [0.15, 0.2) is 48.5 Å². The first-order valence-corrected chi connectivity index (χ1v) is 10.3. The zero-order valence-corrected chi connectivity index (χ0v) is 18.9.